The largest absolute Gasteiger partial charge is 0.381 e. The predicted octanol–water partition coefficient (Wildman–Crippen LogP) is 4.01. The summed E-state index contributed by atoms with van der Waals surface area (Å²) in [5.74, 6) is 0.935. The highest BCUT2D eigenvalue weighted by Gasteiger charge is 2.47. The Balaban J connectivity index is 1.59. The molecule has 1 aromatic rings. The van der Waals surface area contributed by atoms with Crippen LogP contribution in [0.1, 0.15) is 57.9 Å². The van der Waals surface area contributed by atoms with E-state index in [0.717, 1.165) is 38.8 Å². The number of hydrogen-bond acceptors (Lipinski definition) is 2. The fourth-order valence-electron chi connectivity index (χ4n) is 3.26. The zero-order valence-corrected chi connectivity index (χ0v) is 14.1. The number of nitrogens with zero attached hydrogens (tertiary/aromatic N) is 1. The maximum atomic E-state index is 12.5. The third-order valence-electron chi connectivity index (χ3n) is 5.17. The summed E-state index contributed by atoms with van der Waals surface area (Å²) in [5, 5.41) is 3.61. The summed E-state index contributed by atoms with van der Waals surface area (Å²) in [6, 6.07) is 9.11. The van der Waals surface area contributed by atoms with Gasteiger partial charge in [-0.1, -0.05) is 32.9 Å². The Morgan fingerprint density at radius 3 is 2.55 bits per heavy atom. The highest BCUT2D eigenvalue weighted by molar-refractivity contribution is 5.85. The van der Waals surface area contributed by atoms with Gasteiger partial charge < -0.3 is 10.2 Å². The number of piperidine rings is 1. The molecule has 1 aliphatic heterocycles. The topological polar surface area (TPSA) is 32.3 Å². The molecule has 3 heteroatoms. The molecule has 1 atom stereocenters. The van der Waals surface area contributed by atoms with Gasteiger partial charge >= 0.3 is 0 Å². The van der Waals surface area contributed by atoms with E-state index in [4.69, 9.17) is 0 Å². The Labute approximate surface area is 134 Å². The number of nitrogens with one attached hydrogen (secondary N) is 1. The standard InChI is InChI=1S/C19H28N2O/c1-14(2)15-6-8-16(9-7-15)20-17-5-4-12-21(13-17)18(22)19(3)10-11-19/h6-9,14,17,20H,4-5,10-13H2,1-3H3/t17-/m0/s1. The van der Waals surface area contributed by atoms with Crippen LogP contribution in [0, 0.1) is 5.41 Å². The third kappa shape index (κ3) is 3.29. The molecule has 2 fully saturated rings. The molecule has 0 radical (unpaired) electrons. The van der Waals surface area contributed by atoms with Crippen LogP contribution in [0.4, 0.5) is 5.69 Å². The summed E-state index contributed by atoms with van der Waals surface area (Å²) in [6.45, 7) is 8.31. The summed E-state index contributed by atoms with van der Waals surface area (Å²) in [7, 11) is 0. The lowest BCUT2D eigenvalue weighted by Crippen LogP contribution is -2.47. The van der Waals surface area contributed by atoms with Crippen LogP contribution in [0.2, 0.25) is 0 Å². The highest BCUT2D eigenvalue weighted by atomic mass is 16.2. The zero-order valence-electron chi connectivity index (χ0n) is 14.1. The lowest BCUT2D eigenvalue weighted by Gasteiger charge is -2.35. The van der Waals surface area contributed by atoms with E-state index >= 15 is 0 Å². The van der Waals surface area contributed by atoms with E-state index in [1.54, 1.807) is 0 Å². The SMILES string of the molecule is CC(C)c1ccc(N[C@H]2CCCN(C(=O)C3(C)CC3)C2)cc1. The van der Waals surface area contributed by atoms with Crippen LogP contribution in [0.3, 0.4) is 0 Å². The minimum absolute atomic E-state index is 0.0409. The van der Waals surface area contributed by atoms with Gasteiger partial charge in [0.25, 0.3) is 0 Å². The van der Waals surface area contributed by atoms with Gasteiger partial charge in [0.1, 0.15) is 0 Å². The first-order chi connectivity index (χ1) is 10.5. The van der Waals surface area contributed by atoms with Crippen molar-refractivity contribution in [2.75, 3.05) is 18.4 Å². The summed E-state index contributed by atoms with van der Waals surface area (Å²) in [4.78, 5) is 14.6. The van der Waals surface area contributed by atoms with E-state index in [9.17, 15) is 4.79 Å². The normalized spacial score (nSPS) is 23.5. The Bertz CT molecular complexity index is 531. The van der Waals surface area contributed by atoms with Gasteiger partial charge in [-0.05, 0) is 49.3 Å². The number of amides is 1. The van der Waals surface area contributed by atoms with Gasteiger partial charge in [0.15, 0.2) is 0 Å². The molecule has 3 nitrogen and oxygen atoms in total. The molecule has 22 heavy (non-hydrogen) atoms. The quantitative estimate of drug-likeness (QED) is 0.911. The predicted molar refractivity (Wildman–Crippen MR) is 91.1 cm³/mol. The van der Waals surface area contributed by atoms with Crippen LogP contribution >= 0.6 is 0 Å². The molecule has 1 saturated heterocycles. The molecule has 120 valence electrons. The molecule has 1 heterocycles. The second-order valence-electron chi connectivity index (χ2n) is 7.57. The van der Waals surface area contributed by atoms with Crippen molar-refractivity contribution in [1.29, 1.82) is 0 Å². The van der Waals surface area contributed by atoms with Crippen molar-refractivity contribution in [2.45, 2.75) is 58.4 Å². The van der Waals surface area contributed by atoms with Crippen molar-refractivity contribution in [1.82, 2.24) is 4.90 Å². The van der Waals surface area contributed by atoms with Crippen LogP contribution in [0.5, 0.6) is 0 Å². The fraction of sp³-hybridized carbons (Fsp3) is 0.632. The van der Waals surface area contributed by atoms with E-state index in [1.165, 1.54) is 11.3 Å². The van der Waals surface area contributed by atoms with Gasteiger partial charge in [0.2, 0.25) is 5.91 Å². The summed E-state index contributed by atoms with van der Waals surface area (Å²) in [6.07, 6.45) is 4.38. The molecular weight excluding hydrogens is 272 g/mol. The van der Waals surface area contributed by atoms with Gasteiger partial charge in [0, 0.05) is 30.2 Å². The zero-order chi connectivity index (χ0) is 15.7. The monoisotopic (exact) mass is 300 g/mol. The summed E-state index contributed by atoms with van der Waals surface area (Å²) >= 11 is 0. The molecule has 0 spiro atoms. The van der Waals surface area contributed by atoms with Crippen LogP contribution < -0.4 is 5.32 Å². The average Bonchev–Trinajstić information content (AvgIpc) is 3.26. The summed E-state index contributed by atoms with van der Waals surface area (Å²) in [5.41, 5.74) is 2.50. The number of carbonyl (C=O) groups excluding carboxylic acids is 1. The number of rotatable bonds is 4. The van der Waals surface area contributed by atoms with Crippen molar-refractivity contribution in [3.05, 3.63) is 29.8 Å². The molecule has 2 aliphatic rings. The highest BCUT2D eigenvalue weighted by Crippen LogP contribution is 2.46. The van der Waals surface area contributed by atoms with E-state index in [1.807, 2.05) is 0 Å². The van der Waals surface area contributed by atoms with Gasteiger partial charge in [-0.2, -0.15) is 0 Å². The van der Waals surface area contributed by atoms with Crippen molar-refractivity contribution >= 4 is 11.6 Å². The van der Waals surface area contributed by atoms with E-state index < -0.39 is 0 Å². The third-order valence-corrected chi connectivity index (χ3v) is 5.17. The molecular formula is C19H28N2O. The molecule has 1 aromatic carbocycles. The van der Waals surface area contributed by atoms with E-state index in [-0.39, 0.29) is 5.41 Å². The first-order valence-corrected chi connectivity index (χ1v) is 8.64. The molecule has 1 aliphatic carbocycles. The van der Waals surface area contributed by atoms with Crippen molar-refractivity contribution in [2.24, 2.45) is 5.41 Å². The summed E-state index contributed by atoms with van der Waals surface area (Å²) < 4.78 is 0. The molecule has 0 unspecified atom stereocenters. The van der Waals surface area contributed by atoms with Crippen molar-refractivity contribution in [3.8, 4) is 0 Å². The van der Waals surface area contributed by atoms with Crippen molar-refractivity contribution in [3.63, 3.8) is 0 Å². The number of carbonyl (C=O) groups is 1. The second kappa shape index (κ2) is 5.94. The van der Waals surface area contributed by atoms with Crippen LogP contribution in [-0.4, -0.2) is 29.9 Å². The maximum Gasteiger partial charge on any atom is 0.228 e. The number of likely N-dealkylation sites (tertiary alicyclic amines) is 1. The fourth-order valence-corrected chi connectivity index (χ4v) is 3.26. The first kappa shape index (κ1) is 15.4. The first-order valence-electron chi connectivity index (χ1n) is 8.64. The van der Waals surface area contributed by atoms with Crippen LogP contribution in [0.25, 0.3) is 0 Å². The van der Waals surface area contributed by atoms with Gasteiger partial charge in [-0.25, -0.2) is 0 Å². The van der Waals surface area contributed by atoms with Gasteiger partial charge in [0.05, 0.1) is 0 Å². The number of hydrogen-bond donors (Lipinski definition) is 1. The van der Waals surface area contributed by atoms with Crippen molar-refractivity contribution < 1.29 is 4.79 Å². The van der Waals surface area contributed by atoms with E-state index in [0.29, 0.717) is 17.9 Å². The average molecular weight is 300 g/mol. The molecule has 1 amide bonds. The van der Waals surface area contributed by atoms with E-state index in [2.05, 4.69) is 55.3 Å². The minimum atomic E-state index is -0.0409. The van der Waals surface area contributed by atoms with Gasteiger partial charge in [-0.15, -0.1) is 0 Å². The minimum Gasteiger partial charge on any atom is -0.381 e. The molecule has 1 N–H and O–H groups in total. The Morgan fingerprint density at radius 1 is 1.27 bits per heavy atom. The lowest BCUT2D eigenvalue weighted by atomic mass is 10.0. The lowest BCUT2D eigenvalue weighted by molar-refractivity contribution is -0.137. The Hall–Kier alpha value is -1.51. The van der Waals surface area contributed by atoms with Crippen LogP contribution in [-0.2, 0) is 4.79 Å². The number of anilines is 1. The second-order valence-corrected chi connectivity index (χ2v) is 7.57. The smallest absolute Gasteiger partial charge is 0.228 e. The van der Waals surface area contributed by atoms with Crippen LogP contribution in [0.15, 0.2) is 24.3 Å². The maximum absolute atomic E-state index is 12.5. The molecule has 0 aromatic heterocycles. The Kier molecular flexibility index (Phi) is 4.16. The van der Waals surface area contributed by atoms with Gasteiger partial charge in [-0.3, -0.25) is 4.79 Å². The molecule has 1 saturated carbocycles. The molecule has 3 rings (SSSR count). The number of benzene rings is 1. The Morgan fingerprint density at radius 2 is 1.95 bits per heavy atom. The molecule has 0 bridgehead atoms.